The molecule has 1 aliphatic carbocycles. The third kappa shape index (κ3) is 7.30. The Labute approximate surface area is 109 Å². The largest absolute Gasteiger partial charge is 0.481 e. The number of rotatable bonds is 2. The van der Waals surface area contributed by atoms with Crippen LogP contribution < -0.4 is 0 Å². The molecule has 0 radical (unpaired) electrons. The van der Waals surface area contributed by atoms with E-state index in [-0.39, 0.29) is 5.41 Å². The predicted molar refractivity (Wildman–Crippen MR) is 70.5 cm³/mol. The molecule has 4 nitrogen and oxygen atoms in total. The van der Waals surface area contributed by atoms with E-state index in [4.69, 9.17) is 15.0 Å². The Morgan fingerprint density at radius 1 is 1.11 bits per heavy atom. The van der Waals surface area contributed by atoms with Crippen LogP contribution in [0.25, 0.3) is 0 Å². The number of hydrogen-bond acceptors (Lipinski definition) is 2. The first kappa shape index (κ1) is 16.9. The minimum atomic E-state index is -0.833. The fourth-order valence-corrected chi connectivity index (χ4v) is 2.82. The molecule has 2 atom stereocenters. The van der Waals surface area contributed by atoms with Crippen LogP contribution in [0.5, 0.6) is 0 Å². The Bertz CT molecular complexity index is 274. The molecule has 18 heavy (non-hydrogen) atoms. The number of carbonyl (C=O) groups is 2. The van der Waals surface area contributed by atoms with Gasteiger partial charge < -0.3 is 10.2 Å². The normalized spacial score (nSPS) is 23.8. The molecule has 0 heterocycles. The van der Waals surface area contributed by atoms with Crippen LogP contribution in [-0.4, -0.2) is 22.2 Å². The highest BCUT2D eigenvalue weighted by molar-refractivity contribution is 5.67. The Morgan fingerprint density at radius 2 is 1.56 bits per heavy atom. The van der Waals surface area contributed by atoms with Crippen LogP contribution in [0, 0.1) is 17.3 Å². The molecule has 1 rings (SSSR count). The van der Waals surface area contributed by atoms with E-state index in [1.54, 1.807) is 0 Å². The maximum Gasteiger partial charge on any atom is 0.303 e. The number of carboxylic acids is 2. The molecule has 0 saturated heterocycles. The summed E-state index contributed by atoms with van der Waals surface area (Å²) in [7, 11) is 0. The van der Waals surface area contributed by atoms with Crippen LogP contribution in [-0.2, 0) is 9.59 Å². The zero-order chi connectivity index (χ0) is 14.3. The minimum Gasteiger partial charge on any atom is -0.481 e. The SMILES string of the molecule is CC(=O)O.CC(C)(C)C1CCCCC1CC(=O)O. The average molecular weight is 258 g/mol. The minimum absolute atomic E-state index is 0.264. The summed E-state index contributed by atoms with van der Waals surface area (Å²) in [5.74, 6) is -0.472. The molecular formula is C14H26O4. The zero-order valence-corrected chi connectivity index (χ0v) is 11.9. The van der Waals surface area contributed by atoms with Crippen LogP contribution >= 0.6 is 0 Å². The topological polar surface area (TPSA) is 74.6 Å². The van der Waals surface area contributed by atoms with E-state index in [0.717, 1.165) is 13.3 Å². The van der Waals surface area contributed by atoms with Crippen molar-refractivity contribution in [2.45, 2.75) is 59.8 Å². The van der Waals surface area contributed by atoms with Crippen molar-refractivity contribution < 1.29 is 19.8 Å². The predicted octanol–water partition coefficient (Wildman–Crippen LogP) is 3.40. The summed E-state index contributed by atoms with van der Waals surface area (Å²) in [4.78, 5) is 19.7. The van der Waals surface area contributed by atoms with Crippen molar-refractivity contribution in [3.8, 4) is 0 Å². The van der Waals surface area contributed by atoms with E-state index < -0.39 is 11.9 Å². The van der Waals surface area contributed by atoms with Gasteiger partial charge in [0.05, 0.1) is 0 Å². The lowest BCUT2D eigenvalue weighted by molar-refractivity contribution is -0.139. The molecule has 2 N–H and O–H groups in total. The smallest absolute Gasteiger partial charge is 0.303 e. The third-order valence-corrected chi connectivity index (χ3v) is 3.46. The molecule has 1 fully saturated rings. The second-order valence-corrected chi connectivity index (χ2v) is 6.13. The summed E-state index contributed by atoms with van der Waals surface area (Å²) in [6.07, 6.45) is 5.17. The van der Waals surface area contributed by atoms with E-state index >= 15 is 0 Å². The second-order valence-electron chi connectivity index (χ2n) is 6.13. The Hall–Kier alpha value is -1.06. The summed E-state index contributed by atoms with van der Waals surface area (Å²) in [6, 6.07) is 0. The fraction of sp³-hybridized carbons (Fsp3) is 0.857. The van der Waals surface area contributed by atoms with E-state index in [0.29, 0.717) is 18.3 Å². The molecule has 4 heteroatoms. The van der Waals surface area contributed by atoms with Crippen molar-refractivity contribution in [2.24, 2.45) is 17.3 Å². The van der Waals surface area contributed by atoms with Gasteiger partial charge in [0.1, 0.15) is 0 Å². The summed E-state index contributed by atoms with van der Waals surface area (Å²) in [5, 5.41) is 16.3. The first-order valence-corrected chi connectivity index (χ1v) is 6.56. The van der Waals surface area contributed by atoms with Crippen molar-refractivity contribution in [2.75, 3.05) is 0 Å². The van der Waals surface area contributed by atoms with Gasteiger partial charge in [-0.2, -0.15) is 0 Å². The third-order valence-electron chi connectivity index (χ3n) is 3.46. The highest BCUT2D eigenvalue weighted by Gasteiger charge is 2.34. The van der Waals surface area contributed by atoms with Gasteiger partial charge in [-0.05, 0) is 30.1 Å². The van der Waals surface area contributed by atoms with E-state index in [9.17, 15) is 4.79 Å². The fourth-order valence-electron chi connectivity index (χ4n) is 2.82. The van der Waals surface area contributed by atoms with Crippen LogP contribution in [0.15, 0.2) is 0 Å². The molecule has 1 aliphatic rings. The highest BCUT2D eigenvalue weighted by atomic mass is 16.4. The van der Waals surface area contributed by atoms with Gasteiger partial charge in [0, 0.05) is 13.3 Å². The number of hydrogen-bond donors (Lipinski definition) is 2. The van der Waals surface area contributed by atoms with E-state index in [1.165, 1.54) is 19.3 Å². The summed E-state index contributed by atoms with van der Waals surface area (Å²) in [6.45, 7) is 7.79. The summed E-state index contributed by atoms with van der Waals surface area (Å²) >= 11 is 0. The molecule has 0 aromatic carbocycles. The second kappa shape index (κ2) is 7.39. The van der Waals surface area contributed by atoms with Gasteiger partial charge in [0.25, 0.3) is 5.97 Å². The summed E-state index contributed by atoms with van der Waals surface area (Å²) in [5.41, 5.74) is 0.264. The molecule has 0 bridgehead atoms. The molecule has 0 aromatic heterocycles. The van der Waals surface area contributed by atoms with Gasteiger partial charge in [-0.1, -0.05) is 33.6 Å². The van der Waals surface area contributed by atoms with Crippen LogP contribution in [0.3, 0.4) is 0 Å². The lowest BCUT2D eigenvalue weighted by atomic mass is 9.65. The van der Waals surface area contributed by atoms with Gasteiger partial charge in [-0.25, -0.2) is 0 Å². The molecule has 0 spiro atoms. The number of carboxylic acid groups (broad SMARTS) is 2. The van der Waals surface area contributed by atoms with E-state index in [1.807, 2.05) is 0 Å². The van der Waals surface area contributed by atoms with Gasteiger partial charge in [-0.15, -0.1) is 0 Å². The quantitative estimate of drug-likeness (QED) is 0.796. The number of aliphatic carboxylic acids is 2. The van der Waals surface area contributed by atoms with Crippen molar-refractivity contribution in [1.82, 2.24) is 0 Å². The van der Waals surface area contributed by atoms with Crippen LogP contribution in [0.1, 0.15) is 59.8 Å². The van der Waals surface area contributed by atoms with Gasteiger partial charge in [0.2, 0.25) is 0 Å². The maximum atomic E-state index is 10.7. The Kier molecular flexibility index (Phi) is 6.96. The summed E-state index contributed by atoms with van der Waals surface area (Å²) < 4.78 is 0. The molecule has 0 aromatic rings. The first-order valence-electron chi connectivity index (χ1n) is 6.56. The lowest BCUT2D eigenvalue weighted by Gasteiger charge is -2.40. The zero-order valence-electron chi connectivity index (χ0n) is 11.9. The molecule has 0 amide bonds. The Balaban J connectivity index is 0.000000631. The van der Waals surface area contributed by atoms with Crippen molar-refractivity contribution in [1.29, 1.82) is 0 Å². The maximum absolute atomic E-state index is 10.7. The van der Waals surface area contributed by atoms with Gasteiger partial charge in [0.15, 0.2) is 0 Å². The average Bonchev–Trinajstić information content (AvgIpc) is 2.14. The van der Waals surface area contributed by atoms with Crippen LogP contribution in [0.2, 0.25) is 0 Å². The van der Waals surface area contributed by atoms with E-state index in [2.05, 4.69) is 20.8 Å². The molecule has 1 saturated carbocycles. The van der Waals surface area contributed by atoms with Crippen LogP contribution in [0.4, 0.5) is 0 Å². The van der Waals surface area contributed by atoms with Gasteiger partial charge in [-0.3, -0.25) is 9.59 Å². The monoisotopic (exact) mass is 258 g/mol. The highest BCUT2D eigenvalue weighted by Crippen LogP contribution is 2.43. The van der Waals surface area contributed by atoms with Crippen molar-refractivity contribution >= 4 is 11.9 Å². The molecular weight excluding hydrogens is 232 g/mol. The Morgan fingerprint density at radius 3 is 1.94 bits per heavy atom. The van der Waals surface area contributed by atoms with Crippen molar-refractivity contribution in [3.05, 3.63) is 0 Å². The molecule has 2 unspecified atom stereocenters. The first-order chi connectivity index (χ1) is 8.14. The van der Waals surface area contributed by atoms with Crippen molar-refractivity contribution in [3.63, 3.8) is 0 Å². The molecule has 106 valence electrons. The van der Waals surface area contributed by atoms with Gasteiger partial charge >= 0.3 is 5.97 Å². The molecule has 0 aliphatic heterocycles. The lowest BCUT2D eigenvalue weighted by Crippen LogP contribution is -2.32. The standard InChI is InChI=1S/C12H22O2.C2H4O2/c1-12(2,3)10-7-5-4-6-9(10)8-11(13)14;1-2(3)4/h9-10H,4-8H2,1-3H3,(H,13,14);1H3,(H,3,4).